The second-order valence-electron chi connectivity index (χ2n) is 4.08. The standard InChI is InChI=1S/C14H10Cl2F2O/c15-13-8(3-1-5-10(13)17)7-12(19)9-4-2-6-11(18)14(9)16/h1-6,12,19H,7H2. The van der Waals surface area contributed by atoms with Gasteiger partial charge in [0.05, 0.1) is 16.1 Å². The van der Waals surface area contributed by atoms with E-state index in [1.807, 2.05) is 0 Å². The van der Waals surface area contributed by atoms with Crippen molar-refractivity contribution in [3.8, 4) is 0 Å². The molecule has 0 saturated carbocycles. The monoisotopic (exact) mass is 302 g/mol. The van der Waals surface area contributed by atoms with E-state index < -0.39 is 17.7 Å². The van der Waals surface area contributed by atoms with Gasteiger partial charge in [-0.15, -0.1) is 0 Å². The van der Waals surface area contributed by atoms with Gasteiger partial charge in [0, 0.05) is 12.0 Å². The summed E-state index contributed by atoms with van der Waals surface area (Å²) < 4.78 is 26.6. The van der Waals surface area contributed by atoms with Crippen molar-refractivity contribution >= 4 is 23.2 Å². The Bertz CT molecular complexity index is 602. The van der Waals surface area contributed by atoms with E-state index in [4.69, 9.17) is 23.2 Å². The number of hydrogen-bond acceptors (Lipinski definition) is 1. The SMILES string of the molecule is OC(Cc1cccc(F)c1Cl)c1cccc(F)c1Cl. The minimum absolute atomic E-state index is 0.0472. The molecular formula is C14H10Cl2F2O. The Kier molecular flexibility index (Phi) is 4.40. The Morgan fingerprint density at radius 3 is 2.21 bits per heavy atom. The molecule has 0 fully saturated rings. The Hall–Kier alpha value is -1.16. The molecule has 0 heterocycles. The van der Waals surface area contributed by atoms with Crippen molar-refractivity contribution in [3.63, 3.8) is 0 Å². The van der Waals surface area contributed by atoms with E-state index in [-0.39, 0.29) is 22.0 Å². The fraction of sp³-hybridized carbons (Fsp3) is 0.143. The van der Waals surface area contributed by atoms with E-state index in [9.17, 15) is 13.9 Å². The van der Waals surface area contributed by atoms with Crippen molar-refractivity contribution in [2.75, 3.05) is 0 Å². The molecule has 5 heteroatoms. The maximum atomic E-state index is 13.3. The molecule has 1 N–H and O–H groups in total. The van der Waals surface area contributed by atoms with Crippen LogP contribution in [0.2, 0.25) is 10.0 Å². The van der Waals surface area contributed by atoms with Crippen LogP contribution in [-0.2, 0) is 6.42 Å². The number of aliphatic hydroxyl groups is 1. The lowest BCUT2D eigenvalue weighted by molar-refractivity contribution is 0.178. The number of hydrogen-bond donors (Lipinski definition) is 1. The fourth-order valence-corrected chi connectivity index (χ4v) is 2.26. The summed E-state index contributed by atoms with van der Waals surface area (Å²) in [6.07, 6.45) is -0.998. The van der Waals surface area contributed by atoms with Gasteiger partial charge in [-0.1, -0.05) is 47.5 Å². The van der Waals surface area contributed by atoms with Crippen molar-refractivity contribution in [1.82, 2.24) is 0 Å². The Morgan fingerprint density at radius 1 is 0.947 bits per heavy atom. The highest BCUT2D eigenvalue weighted by atomic mass is 35.5. The van der Waals surface area contributed by atoms with E-state index in [2.05, 4.69) is 0 Å². The highest BCUT2D eigenvalue weighted by Crippen LogP contribution is 2.30. The van der Waals surface area contributed by atoms with E-state index in [0.717, 1.165) is 0 Å². The van der Waals surface area contributed by atoms with Gasteiger partial charge in [0.1, 0.15) is 11.6 Å². The fourth-order valence-electron chi connectivity index (χ4n) is 1.80. The topological polar surface area (TPSA) is 20.2 Å². The summed E-state index contributed by atoms with van der Waals surface area (Å²) in [6.45, 7) is 0. The van der Waals surface area contributed by atoms with Gasteiger partial charge in [-0.3, -0.25) is 0 Å². The summed E-state index contributed by atoms with van der Waals surface area (Å²) in [5, 5.41) is 9.88. The molecule has 0 spiro atoms. The molecule has 100 valence electrons. The second-order valence-corrected chi connectivity index (χ2v) is 4.83. The summed E-state index contributed by atoms with van der Waals surface area (Å²) in [5.41, 5.74) is 0.691. The second kappa shape index (κ2) is 5.87. The van der Waals surface area contributed by atoms with Crippen molar-refractivity contribution in [2.24, 2.45) is 0 Å². The molecule has 2 aromatic carbocycles. The largest absolute Gasteiger partial charge is 0.388 e. The van der Waals surface area contributed by atoms with Crippen molar-refractivity contribution < 1.29 is 13.9 Å². The summed E-state index contributed by atoms with van der Waals surface area (Å²) in [4.78, 5) is 0. The molecular weight excluding hydrogens is 293 g/mol. The van der Waals surface area contributed by atoms with Crippen LogP contribution in [-0.4, -0.2) is 5.11 Å². The lowest BCUT2D eigenvalue weighted by atomic mass is 10.0. The third kappa shape index (κ3) is 3.06. The first-order valence-electron chi connectivity index (χ1n) is 5.55. The zero-order valence-corrected chi connectivity index (χ0v) is 11.2. The van der Waals surface area contributed by atoms with E-state index in [0.29, 0.717) is 5.56 Å². The van der Waals surface area contributed by atoms with Gasteiger partial charge in [0.25, 0.3) is 0 Å². The van der Waals surface area contributed by atoms with Gasteiger partial charge in [-0.05, 0) is 17.7 Å². The molecule has 0 saturated heterocycles. The van der Waals surface area contributed by atoms with Crippen molar-refractivity contribution in [3.05, 3.63) is 69.2 Å². The van der Waals surface area contributed by atoms with Crippen LogP contribution in [0, 0.1) is 11.6 Å². The number of halogens is 4. The summed E-state index contributed by atoms with van der Waals surface area (Å²) in [7, 11) is 0. The minimum Gasteiger partial charge on any atom is -0.388 e. The van der Waals surface area contributed by atoms with Crippen LogP contribution in [0.1, 0.15) is 17.2 Å². The highest BCUT2D eigenvalue weighted by Gasteiger charge is 2.17. The number of aliphatic hydroxyl groups excluding tert-OH is 1. The first kappa shape index (κ1) is 14.3. The maximum absolute atomic E-state index is 13.3. The van der Waals surface area contributed by atoms with Gasteiger partial charge in [0.2, 0.25) is 0 Å². The molecule has 0 aliphatic heterocycles. The molecule has 2 rings (SSSR count). The van der Waals surface area contributed by atoms with Gasteiger partial charge in [-0.2, -0.15) is 0 Å². The van der Waals surface area contributed by atoms with Gasteiger partial charge >= 0.3 is 0 Å². The Labute approximate surface area is 119 Å². The number of benzene rings is 2. The van der Waals surface area contributed by atoms with E-state index >= 15 is 0 Å². The summed E-state index contributed by atoms with van der Waals surface area (Å²) in [6, 6.07) is 8.50. The Balaban J connectivity index is 2.28. The average Bonchev–Trinajstić information content (AvgIpc) is 2.38. The normalized spacial score (nSPS) is 12.5. The quantitative estimate of drug-likeness (QED) is 0.882. The molecule has 0 aromatic heterocycles. The molecule has 0 aliphatic rings. The minimum atomic E-state index is -1.05. The predicted octanol–water partition coefficient (Wildman–Crippen LogP) is 4.55. The zero-order valence-electron chi connectivity index (χ0n) is 9.71. The molecule has 19 heavy (non-hydrogen) atoms. The molecule has 0 aliphatic carbocycles. The van der Waals surface area contributed by atoms with Gasteiger partial charge in [0.15, 0.2) is 0 Å². The smallest absolute Gasteiger partial charge is 0.142 e. The third-order valence-corrected chi connectivity index (χ3v) is 3.61. The van der Waals surface area contributed by atoms with Gasteiger partial charge < -0.3 is 5.11 Å². The Morgan fingerprint density at radius 2 is 1.53 bits per heavy atom. The van der Waals surface area contributed by atoms with Crippen LogP contribution in [0.3, 0.4) is 0 Å². The van der Waals surface area contributed by atoms with Crippen LogP contribution in [0.25, 0.3) is 0 Å². The molecule has 1 nitrogen and oxygen atoms in total. The van der Waals surface area contributed by atoms with Gasteiger partial charge in [-0.25, -0.2) is 8.78 Å². The maximum Gasteiger partial charge on any atom is 0.142 e. The molecule has 1 atom stereocenters. The van der Waals surface area contributed by atoms with E-state index in [1.165, 1.54) is 30.3 Å². The number of rotatable bonds is 3. The zero-order chi connectivity index (χ0) is 14.0. The van der Waals surface area contributed by atoms with Crippen LogP contribution in [0.15, 0.2) is 36.4 Å². The molecule has 2 aromatic rings. The average molecular weight is 303 g/mol. The molecule has 0 bridgehead atoms. The summed E-state index contributed by atoms with van der Waals surface area (Å²) in [5.74, 6) is -1.17. The lowest BCUT2D eigenvalue weighted by Crippen LogP contribution is -2.04. The van der Waals surface area contributed by atoms with Crippen LogP contribution >= 0.6 is 23.2 Å². The van der Waals surface area contributed by atoms with Crippen LogP contribution < -0.4 is 0 Å². The van der Waals surface area contributed by atoms with E-state index in [1.54, 1.807) is 6.07 Å². The first-order chi connectivity index (χ1) is 9.00. The lowest BCUT2D eigenvalue weighted by Gasteiger charge is -2.14. The first-order valence-corrected chi connectivity index (χ1v) is 6.31. The third-order valence-electron chi connectivity index (χ3n) is 2.79. The van der Waals surface area contributed by atoms with Crippen molar-refractivity contribution in [2.45, 2.75) is 12.5 Å². The highest BCUT2D eigenvalue weighted by molar-refractivity contribution is 6.32. The van der Waals surface area contributed by atoms with Crippen molar-refractivity contribution in [1.29, 1.82) is 0 Å². The molecule has 0 amide bonds. The molecule has 1 unspecified atom stereocenters. The van der Waals surface area contributed by atoms with Crippen LogP contribution in [0.5, 0.6) is 0 Å². The van der Waals surface area contributed by atoms with Crippen LogP contribution in [0.4, 0.5) is 8.78 Å². The summed E-state index contributed by atoms with van der Waals surface area (Å²) >= 11 is 11.6. The molecule has 0 radical (unpaired) electrons. The predicted molar refractivity (Wildman–Crippen MR) is 71.5 cm³/mol.